The molecule has 1 aromatic carbocycles. The number of anilines is 1. The van der Waals surface area contributed by atoms with Gasteiger partial charge in [0.25, 0.3) is 0 Å². The molecule has 0 saturated heterocycles. The van der Waals surface area contributed by atoms with Crippen molar-refractivity contribution in [2.75, 3.05) is 5.32 Å². The van der Waals surface area contributed by atoms with Gasteiger partial charge in [-0.2, -0.15) is 5.10 Å². The van der Waals surface area contributed by atoms with E-state index in [1.807, 2.05) is 41.9 Å². The minimum atomic E-state index is 0.0743. The highest BCUT2D eigenvalue weighted by Gasteiger charge is 2.09. The van der Waals surface area contributed by atoms with Crippen LogP contribution in [0.2, 0.25) is 0 Å². The van der Waals surface area contributed by atoms with E-state index in [1.54, 1.807) is 6.20 Å². The highest BCUT2D eigenvalue weighted by atomic mass is 16.1. The van der Waals surface area contributed by atoms with Crippen LogP contribution in [0.15, 0.2) is 36.5 Å². The number of benzene rings is 1. The maximum atomic E-state index is 12.0. The standard InChI is InChI=1S/C17H23N3O/c1-4-6-13(2)11-17(21)19-15-7-5-8-16(12-15)20-14(3)9-10-18-20/h5,7-10,12-13H,4,6,11H2,1-3H3,(H,19,21). The number of hydrogen-bond acceptors (Lipinski definition) is 2. The highest BCUT2D eigenvalue weighted by Crippen LogP contribution is 2.17. The summed E-state index contributed by atoms with van der Waals surface area (Å²) in [5.74, 6) is 0.497. The molecule has 0 radical (unpaired) electrons. The van der Waals surface area contributed by atoms with E-state index < -0.39 is 0 Å². The van der Waals surface area contributed by atoms with Gasteiger partial charge in [0.2, 0.25) is 5.91 Å². The lowest BCUT2D eigenvalue weighted by molar-refractivity contribution is -0.117. The number of aryl methyl sites for hydroxylation is 1. The van der Waals surface area contributed by atoms with Crippen LogP contribution in [0.4, 0.5) is 5.69 Å². The van der Waals surface area contributed by atoms with Gasteiger partial charge in [-0.25, -0.2) is 4.68 Å². The zero-order chi connectivity index (χ0) is 15.2. The smallest absolute Gasteiger partial charge is 0.224 e. The Morgan fingerprint density at radius 3 is 2.86 bits per heavy atom. The summed E-state index contributed by atoms with van der Waals surface area (Å²) in [6.07, 6.45) is 4.54. The SMILES string of the molecule is CCCC(C)CC(=O)Nc1cccc(-n2nccc2C)c1. The summed E-state index contributed by atoms with van der Waals surface area (Å²) < 4.78 is 1.86. The summed E-state index contributed by atoms with van der Waals surface area (Å²) in [5, 5.41) is 7.26. The van der Waals surface area contributed by atoms with E-state index in [4.69, 9.17) is 0 Å². The van der Waals surface area contributed by atoms with Crippen LogP contribution in [0, 0.1) is 12.8 Å². The van der Waals surface area contributed by atoms with Crippen molar-refractivity contribution in [2.24, 2.45) is 5.92 Å². The molecule has 0 aliphatic rings. The summed E-state index contributed by atoms with van der Waals surface area (Å²) in [6.45, 7) is 6.27. The second kappa shape index (κ2) is 7.07. The van der Waals surface area contributed by atoms with Crippen LogP contribution in [0.25, 0.3) is 5.69 Å². The molecule has 2 rings (SSSR count). The lowest BCUT2D eigenvalue weighted by Gasteiger charge is -2.11. The van der Waals surface area contributed by atoms with E-state index in [-0.39, 0.29) is 5.91 Å². The molecule has 1 unspecified atom stereocenters. The largest absolute Gasteiger partial charge is 0.326 e. The van der Waals surface area contributed by atoms with Crippen molar-refractivity contribution in [1.82, 2.24) is 9.78 Å². The minimum absolute atomic E-state index is 0.0743. The number of amides is 1. The molecule has 1 N–H and O–H groups in total. The number of aromatic nitrogens is 2. The molecule has 1 atom stereocenters. The lowest BCUT2D eigenvalue weighted by atomic mass is 10.0. The Balaban J connectivity index is 2.05. The van der Waals surface area contributed by atoms with Crippen LogP contribution in [0.3, 0.4) is 0 Å². The Morgan fingerprint density at radius 2 is 2.19 bits per heavy atom. The van der Waals surface area contributed by atoms with Gasteiger partial charge >= 0.3 is 0 Å². The first-order chi connectivity index (χ1) is 10.1. The van der Waals surface area contributed by atoms with Crippen LogP contribution in [-0.4, -0.2) is 15.7 Å². The van der Waals surface area contributed by atoms with Gasteiger partial charge in [-0.05, 0) is 37.1 Å². The molecule has 1 amide bonds. The van der Waals surface area contributed by atoms with E-state index in [0.717, 1.165) is 29.9 Å². The van der Waals surface area contributed by atoms with E-state index in [0.29, 0.717) is 12.3 Å². The molecule has 112 valence electrons. The van der Waals surface area contributed by atoms with Crippen molar-refractivity contribution in [1.29, 1.82) is 0 Å². The third-order valence-corrected chi connectivity index (χ3v) is 3.52. The van der Waals surface area contributed by atoms with Crippen molar-refractivity contribution in [3.8, 4) is 5.69 Å². The Morgan fingerprint density at radius 1 is 1.38 bits per heavy atom. The van der Waals surface area contributed by atoms with Crippen LogP contribution in [-0.2, 0) is 4.79 Å². The maximum Gasteiger partial charge on any atom is 0.224 e. The number of carbonyl (C=O) groups is 1. The van der Waals surface area contributed by atoms with Gasteiger partial charge in [0, 0.05) is 24.0 Å². The summed E-state index contributed by atoms with van der Waals surface area (Å²) in [4.78, 5) is 12.0. The van der Waals surface area contributed by atoms with E-state index >= 15 is 0 Å². The molecular weight excluding hydrogens is 262 g/mol. The second-order valence-corrected chi connectivity index (χ2v) is 5.58. The number of hydrogen-bond donors (Lipinski definition) is 1. The Bertz CT molecular complexity index is 604. The van der Waals surface area contributed by atoms with Crippen molar-refractivity contribution >= 4 is 11.6 Å². The predicted octanol–water partition coefficient (Wildman–Crippen LogP) is 3.95. The van der Waals surface area contributed by atoms with Gasteiger partial charge in [0.1, 0.15) is 0 Å². The molecule has 1 aromatic heterocycles. The Kier molecular flexibility index (Phi) is 5.14. The molecule has 0 saturated carbocycles. The fraction of sp³-hybridized carbons (Fsp3) is 0.412. The average Bonchev–Trinajstić information content (AvgIpc) is 2.85. The van der Waals surface area contributed by atoms with Crippen molar-refractivity contribution < 1.29 is 4.79 Å². The predicted molar refractivity (Wildman–Crippen MR) is 85.6 cm³/mol. The Labute approximate surface area is 126 Å². The maximum absolute atomic E-state index is 12.0. The molecule has 0 bridgehead atoms. The number of rotatable bonds is 6. The summed E-state index contributed by atoms with van der Waals surface area (Å²) in [5.41, 5.74) is 2.84. The van der Waals surface area contributed by atoms with Crippen LogP contribution in [0.5, 0.6) is 0 Å². The summed E-state index contributed by atoms with van der Waals surface area (Å²) >= 11 is 0. The molecule has 4 heteroatoms. The van der Waals surface area contributed by atoms with Crippen molar-refractivity contribution in [3.63, 3.8) is 0 Å². The molecule has 0 fully saturated rings. The van der Waals surface area contributed by atoms with Crippen LogP contribution < -0.4 is 5.32 Å². The van der Waals surface area contributed by atoms with E-state index in [1.165, 1.54) is 0 Å². The van der Waals surface area contributed by atoms with E-state index in [9.17, 15) is 4.79 Å². The first-order valence-electron chi connectivity index (χ1n) is 7.51. The van der Waals surface area contributed by atoms with Gasteiger partial charge in [-0.3, -0.25) is 4.79 Å². The molecule has 4 nitrogen and oxygen atoms in total. The van der Waals surface area contributed by atoms with Gasteiger partial charge in [-0.1, -0.05) is 32.8 Å². The van der Waals surface area contributed by atoms with Crippen LogP contribution in [0.1, 0.15) is 38.8 Å². The molecule has 0 aliphatic heterocycles. The third-order valence-electron chi connectivity index (χ3n) is 3.52. The first-order valence-corrected chi connectivity index (χ1v) is 7.51. The molecule has 1 heterocycles. The van der Waals surface area contributed by atoms with Crippen molar-refractivity contribution in [3.05, 3.63) is 42.2 Å². The fourth-order valence-electron chi connectivity index (χ4n) is 2.48. The van der Waals surface area contributed by atoms with Crippen molar-refractivity contribution in [2.45, 2.75) is 40.0 Å². The monoisotopic (exact) mass is 285 g/mol. The molecule has 21 heavy (non-hydrogen) atoms. The van der Waals surface area contributed by atoms with Crippen LogP contribution >= 0.6 is 0 Å². The number of carbonyl (C=O) groups excluding carboxylic acids is 1. The van der Waals surface area contributed by atoms with Gasteiger partial charge in [-0.15, -0.1) is 0 Å². The normalized spacial score (nSPS) is 12.1. The van der Waals surface area contributed by atoms with Gasteiger partial charge in [0.15, 0.2) is 0 Å². The zero-order valence-corrected chi connectivity index (χ0v) is 13.0. The number of nitrogens with one attached hydrogen (secondary N) is 1. The second-order valence-electron chi connectivity index (χ2n) is 5.58. The van der Waals surface area contributed by atoms with E-state index in [2.05, 4.69) is 24.3 Å². The minimum Gasteiger partial charge on any atom is -0.326 e. The topological polar surface area (TPSA) is 46.9 Å². The molecule has 0 aliphatic carbocycles. The molecular formula is C17H23N3O. The third kappa shape index (κ3) is 4.18. The average molecular weight is 285 g/mol. The molecule has 2 aromatic rings. The summed E-state index contributed by atoms with van der Waals surface area (Å²) in [7, 11) is 0. The summed E-state index contributed by atoms with van der Waals surface area (Å²) in [6, 6.07) is 9.72. The quantitative estimate of drug-likeness (QED) is 0.873. The lowest BCUT2D eigenvalue weighted by Crippen LogP contribution is -2.15. The first kappa shape index (κ1) is 15.3. The fourth-order valence-corrected chi connectivity index (χ4v) is 2.48. The number of nitrogens with zero attached hydrogens (tertiary/aromatic N) is 2. The Hall–Kier alpha value is -2.10. The highest BCUT2D eigenvalue weighted by molar-refractivity contribution is 5.91. The molecule has 0 spiro atoms. The van der Waals surface area contributed by atoms with Gasteiger partial charge < -0.3 is 5.32 Å². The van der Waals surface area contributed by atoms with Gasteiger partial charge in [0.05, 0.1) is 5.69 Å². The zero-order valence-electron chi connectivity index (χ0n) is 13.0.